The highest BCUT2D eigenvalue weighted by atomic mass is 32.2. The van der Waals surface area contributed by atoms with E-state index >= 15 is 0 Å². The Morgan fingerprint density at radius 2 is 1.81 bits per heavy atom. The summed E-state index contributed by atoms with van der Waals surface area (Å²) in [5.74, 6) is 0.268. The summed E-state index contributed by atoms with van der Waals surface area (Å²) in [7, 11) is 0. The third-order valence-corrected chi connectivity index (χ3v) is 8.35. The van der Waals surface area contributed by atoms with Gasteiger partial charge in [-0.1, -0.05) is 88.9 Å². The molecule has 1 aliphatic heterocycles. The average molecular weight is 585 g/mol. The Balaban J connectivity index is 0.00000148. The Morgan fingerprint density at radius 3 is 2.45 bits per heavy atom. The van der Waals surface area contributed by atoms with Gasteiger partial charge in [-0.05, 0) is 92.8 Å². The van der Waals surface area contributed by atoms with Crippen LogP contribution in [0.1, 0.15) is 80.8 Å². The molecule has 226 valence electrons. The Morgan fingerprint density at radius 1 is 1.10 bits per heavy atom. The van der Waals surface area contributed by atoms with Gasteiger partial charge in [0, 0.05) is 40.5 Å². The first kappa shape index (κ1) is 34.8. The summed E-state index contributed by atoms with van der Waals surface area (Å²) in [5.41, 5.74) is 11.9. The van der Waals surface area contributed by atoms with Gasteiger partial charge in [-0.3, -0.25) is 0 Å². The molecule has 2 aromatic carbocycles. The van der Waals surface area contributed by atoms with Crippen molar-refractivity contribution in [1.82, 2.24) is 10.2 Å². The number of phenolic OH excluding ortho intramolecular Hbond substituents is 1. The van der Waals surface area contributed by atoms with Crippen LogP contribution in [0.15, 0.2) is 90.4 Å². The lowest BCUT2D eigenvalue weighted by Gasteiger charge is -2.34. The lowest BCUT2D eigenvalue weighted by atomic mass is 9.87. The van der Waals surface area contributed by atoms with Crippen LogP contribution in [-0.4, -0.2) is 28.8 Å². The number of benzene rings is 2. The molecule has 1 heterocycles. The quantitative estimate of drug-likeness (QED) is 0.288. The van der Waals surface area contributed by atoms with E-state index < -0.39 is 0 Å². The summed E-state index contributed by atoms with van der Waals surface area (Å²) in [6, 6.07) is 9.79. The third kappa shape index (κ3) is 8.82. The van der Waals surface area contributed by atoms with Crippen LogP contribution in [0.4, 0.5) is 0 Å². The zero-order valence-corrected chi connectivity index (χ0v) is 28.0. The number of thioether (sulfide) groups is 1. The summed E-state index contributed by atoms with van der Waals surface area (Å²) >= 11 is 1.78. The molecule has 0 fully saturated rings. The predicted octanol–water partition coefficient (Wildman–Crippen LogP) is 10.1. The molecule has 4 heteroatoms. The van der Waals surface area contributed by atoms with Gasteiger partial charge in [0.1, 0.15) is 5.75 Å². The molecule has 4 rings (SSSR count). The van der Waals surface area contributed by atoms with Crippen LogP contribution in [0.2, 0.25) is 0 Å². The minimum absolute atomic E-state index is 0.124. The monoisotopic (exact) mass is 584 g/mol. The Labute approximate surface area is 260 Å². The van der Waals surface area contributed by atoms with E-state index in [1.807, 2.05) is 39.8 Å². The molecule has 0 amide bonds. The van der Waals surface area contributed by atoms with Gasteiger partial charge in [0.05, 0.1) is 6.04 Å². The number of aromatic hydroxyl groups is 1. The molecular weight excluding hydrogens is 532 g/mol. The minimum atomic E-state index is 0.124. The van der Waals surface area contributed by atoms with E-state index in [4.69, 9.17) is 0 Å². The van der Waals surface area contributed by atoms with Crippen molar-refractivity contribution in [3.63, 3.8) is 0 Å². The van der Waals surface area contributed by atoms with Crippen LogP contribution < -0.4 is 5.32 Å². The maximum atomic E-state index is 9.91. The van der Waals surface area contributed by atoms with Gasteiger partial charge in [-0.2, -0.15) is 0 Å². The van der Waals surface area contributed by atoms with Gasteiger partial charge in [-0.25, -0.2) is 0 Å². The fourth-order valence-corrected chi connectivity index (χ4v) is 6.04. The van der Waals surface area contributed by atoms with Crippen molar-refractivity contribution in [2.75, 3.05) is 12.8 Å². The van der Waals surface area contributed by atoms with Crippen molar-refractivity contribution >= 4 is 23.2 Å². The summed E-state index contributed by atoms with van der Waals surface area (Å²) in [5, 5.41) is 13.7. The van der Waals surface area contributed by atoms with Crippen molar-refractivity contribution in [2.24, 2.45) is 0 Å². The fourth-order valence-electron chi connectivity index (χ4n) is 5.54. The van der Waals surface area contributed by atoms with Gasteiger partial charge in [0.15, 0.2) is 0 Å². The Bertz CT molecular complexity index is 1360. The molecule has 0 saturated carbocycles. The molecule has 0 radical (unpaired) electrons. The van der Waals surface area contributed by atoms with E-state index in [0.717, 1.165) is 54.9 Å². The lowest BCUT2D eigenvalue weighted by molar-refractivity contribution is 0.372. The number of nitrogens with zero attached hydrogens (tertiary/aromatic N) is 1. The molecule has 1 unspecified atom stereocenters. The van der Waals surface area contributed by atoms with Crippen molar-refractivity contribution < 1.29 is 5.11 Å². The molecular formula is C38H52N2OS. The zero-order valence-electron chi connectivity index (χ0n) is 27.2. The van der Waals surface area contributed by atoms with Crippen molar-refractivity contribution in [3.05, 3.63) is 124 Å². The molecule has 3 nitrogen and oxygen atoms in total. The van der Waals surface area contributed by atoms with Crippen molar-refractivity contribution in [2.45, 2.75) is 80.3 Å². The zero-order chi connectivity index (χ0) is 31.4. The molecule has 1 aliphatic carbocycles. The SMILES string of the molecule is C=C(NC(CC1=CC(SC)=CC=CC1)C(=C)C)c1c(C)cc2c(c1C)CCN(C(=C)c1cccc(O)c1)C2.CC.CC. The van der Waals surface area contributed by atoms with Crippen molar-refractivity contribution in [3.8, 4) is 5.75 Å². The van der Waals surface area contributed by atoms with E-state index in [1.165, 1.54) is 38.3 Å². The van der Waals surface area contributed by atoms with E-state index in [9.17, 15) is 5.11 Å². The first-order chi connectivity index (χ1) is 20.2. The Hall–Kier alpha value is -3.37. The van der Waals surface area contributed by atoms with Crippen LogP contribution in [-0.2, 0) is 13.0 Å². The van der Waals surface area contributed by atoms with Crippen LogP contribution in [0, 0.1) is 13.8 Å². The minimum Gasteiger partial charge on any atom is -0.508 e. The van der Waals surface area contributed by atoms with Crippen LogP contribution in [0.25, 0.3) is 11.4 Å². The smallest absolute Gasteiger partial charge is 0.116 e. The first-order valence-electron chi connectivity index (χ1n) is 15.2. The van der Waals surface area contributed by atoms with E-state index in [1.54, 1.807) is 23.9 Å². The molecule has 0 bridgehead atoms. The largest absolute Gasteiger partial charge is 0.508 e. The number of phenols is 1. The number of rotatable bonds is 9. The molecule has 1 atom stereocenters. The lowest BCUT2D eigenvalue weighted by Crippen LogP contribution is -2.31. The first-order valence-corrected chi connectivity index (χ1v) is 16.5. The van der Waals surface area contributed by atoms with Gasteiger partial charge >= 0.3 is 0 Å². The number of hydrogen-bond donors (Lipinski definition) is 2. The molecule has 2 aromatic rings. The normalized spacial score (nSPS) is 14.4. The summed E-state index contributed by atoms with van der Waals surface area (Å²) in [6.45, 7) is 29.4. The topological polar surface area (TPSA) is 35.5 Å². The highest BCUT2D eigenvalue weighted by molar-refractivity contribution is 8.02. The summed E-state index contributed by atoms with van der Waals surface area (Å²) < 4.78 is 0. The molecule has 42 heavy (non-hydrogen) atoms. The number of nitrogens with one attached hydrogen (secondary N) is 1. The number of allylic oxidation sites excluding steroid dienone is 4. The van der Waals surface area contributed by atoms with Crippen LogP contribution >= 0.6 is 11.8 Å². The second kappa shape index (κ2) is 16.9. The molecule has 2 aliphatic rings. The molecule has 0 spiro atoms. The van der Waals surface area contributed by atoms with Gasteiger partial charge in [-0.15, -0.1) is 11.8 Å². The van der Waals surface area contributed by atoms with Crippen LogP contribution in [0.5, 0.6) is 5.75 Å². The van der Waals surface area contributed by atoms with Crippen LogP contribution in [0.3, 0.4) is 0 Å². The second-order valence-corrected chi connectivity index (χ2v) is 11.3. The number of aryl methyl sites for hydroxylation is 1. The fraction of sp³-hybridized carbons (Fsp3) is 0.368. The highest BCUT2D eigenvalue weighted by Crippen LogP contribution is 2.34. The van der Waals surface area contributed by atoms with Crippen molar-refractivity contribution in [1.29, 1.82) is 0 Å². The average Bonchev–Trinajstić information content (AvgIpc) is 3.23. The standard InChI is InChI=1S/C34H40N2OS.2C2H6/c1-22(2)33(19-27-11-8-9-14-31(18-27)38-7)35-25(5)34-23(3)17-29-21-36(16-15-32(29)24(34)4)26(6)28-12-10-13-30(37)20-28;2*1-2/h8-10,12-14,17-18,20,33,35,37H,1,5-6,11,15-16,19,21H2,2-4,7H3;2*1-2H3. The Kier molecular flexibility index (Phi) is 14.0. The summed E-state index contributed by atoms with van der Waals surface area (Å²) in [4.78, 5) is 3.60. The maximum absolute atomic E-state index is 9.91. The highest BCUT2D eigenvalue weighted by Gasteiger charge is 2.24. The predicted molar refractivity (Wildman–Crippen MR) is 189 cm³/mol. The number of hydrogen-bond acceptors (Lipinski definition) is 4. The molecule has 2 N–H and O–H groups in total. The number of fused-ring (bicyclic) bond motifs is 1. The van der Waals surface area contributed by atoms with E-state index in [0.29, 0.717) is 0 Å². The van der Waals surface area contributed by atoms with Gasteiger partial charge in [0.2, 0.25) is 0 Å². The second-order valence-electron chi connectivity index (χ2n) is 10.4. The van der Waals surface area contributed by atoms with E-state index in [2.05, 4.69) is 87.4 Å². The van der Waals surface area contributed by atoms with Gasteiger partial charge in [0.25, 0.3) is 0 Å². The molecule has 0 aromatic heterocycles. The summed E-state index contributed by atoms with van der Waals surface area (Å²) in [6.07, 6.45) is 13.8. The third-order valence-electron chi connectivity index (χ3n) is 7.62. The molecule has 0 saturated heterocycles. The maximum Gasteiger partial charge on any atom is 0.116 e. The van der Waals surface area contributed by atoms with E-state index in [-0.39, 0.29) is 11.8 Å². The van der Waals surface area contributed by atoms with Gasteiger partial charge < -0.3 is 15.3 Å².